The van der Waals surface area contributed by atoms with Crippen molar-refractivity contribution in [2.24, 2.45) is 0 Å². The lowest BCUT2D eigenvalue weighted by Crippen LogP contribution is -2.29. The molecule has 0 saturated heterocycles. The molecule has 2 nitrogen and oxygen atoms in total. The number of nitrogens with zero attached hydrogens (tertiary/aromatic N) is 1. The van der Waals surface area contributed by atoms with Gasteiger partial charge < -0.3 is 4.98 Å². The molecule has 0 saturated carbocycles. The first-order valence-corrected chi connectivity index (χ1v) is 11.0. The zero-order valence-corrected chi connectivity index (χ0v) is 16.7. The van der Waals surface area contributed by atoms with Gasteiger partial charge in [0.1, 0.15) is 0 Å². The Balaban J connectivity index is 1.56. The second-order valence-corrected chi connectivity index (χ2v) is 8.67. The fourth-order valence-electron chi connectivity index (χ4n) is 4.49. The van der Waals surface area contributed by atoms with Crippen LogP contribution < -0.4 is 0 Å². The number of fused-ring (bicyclic) bond motifs is 5. The van der Waals surface area contributed by atoms with Crippen LogP contribution in [-0.4, -0.2) is 16.4 Å². The SMILES string of the molecule is CCCCc1csc2ccc3[nH]c4c(c3c12)CN(Cc1ccccc1)CC4. The molecule has 0 fully saturated rings. The highest BCUT2D eigenvalue weighted by Gasteiger charge is 2.23. The van der Waals surface area contributed by atoms with Gasteiger partial charge in [-0.25, -0.2) is 0 Å². The molecule has 1 aliphatic rings. The molecule has 0 aliphatic carbocycles. The number of hydrogen-bond donors (Lipinski definition) is 1. The van der Waals surface area contributed by atoms with Crippen LogP contribution in [0.4, 0.5) is 0 Å². The fourth-order valence-corrected chi connectivity index (χ4v) is 5.49. The molecule has 0 bridgehead atoms. The van der Waals surface area contributed by atoms with Crippen molar-refractivity contribution in [1.82, 2.24) is 9.88 Å². The minimum Gasteiger partial charge on any atom is -0.358 e. The largest absolute Gasteiger partial charge is 0.358 e. The van der Waals surface area contributed by atoms with Gasteiger partial charge in [-0.1, -0.05) is 43.7 Å². The van der Waals surface area contributed by atoms with Crippen LogP contribution >= 0.6 is 11.3 Å². The van der Waals surface area contributed by atoms with Crippen LogP contribution in [0.3, 0.4) is 0 Å². The molecule has 5 rings (SSSR count). The second-order valence-electron chi connectivity index (χ2n) is 7.75. The van der Waals surface area contributed by atoms with Gasteiger partial charge in [-0.2, -0.15) is 0 Å². The molecule has 0 spiro atoms. The molecule has 1 N–H and O–H groups in total. The van der Waals surface area contributed by atoms with Crippen molar-refractivity contribution >= 4 is 32.3 Å². The molecule has 138 valence electrons. The van der Waals surface area contributed by atoms with Gasteiger partial charge >= 0.3 is 0 Å². The van der Waals surface area contributed by atoms with E-state index in [0.717, 1.165) is 26.1 Å². The molecule has 1 aliphatic heterocycles. The summed E-state index contributed by atoms with van der Waals surface area (Å²) in [6.45, 7) is 5.50. The molecule has 2 aromatic heterocycles. The molecule has 2 aromatic carbocycles. The average molecular weight is 375 g/mol. The van der Waals surface area contributed by atoms with E-state index in [1.807, 2.05) is 11.3 Å². The summed E-state index contributed by atoms with van der Waals surface area (Å²) in [6.07, 6.45) is 4.84. The first-order chi connectivity index (χ1) is 13.3. The number of aryl methyl sites for hydroxylation is 1. The summed E-state index contributed by atoms with van der Waals surface area (Å²) < 4.78 is 1.44. The van der Waals surface area contributed by atoms with Gasteiger partial charge in [0.05, 0.1) is 0 Å². The first-order valence-electron chi connectivity index (χ1n) is 10.1. The third-order valence-corrected chi connectivity index (χ3v) is 6.87. The van der Waals surface area contributed by atoms with Crippen molar-refractivity contribution in [2.45, 2.75) is 45.7 Å². The van der Waals surface area contributed by atoms with E-state index in [1.54, 1.807) is 5.56 Å². The molecule has 0 radical (unpaired) electrons. The number of rotatable bonds is 5. The zero-order valence-electron chi connectivity index (χ0n) is 15.9. The Hall–Kier alpha value is -2.10. The van der Waals surface area contributed by atoms with Gasteiger partial charge in [0.25, 0.3) is 0 Å². The Labute approximate surface area is 164 Å². The van der Waals surface area contributed by atoms with Crippen LogP contribution in [0.2, 0.25) is 0 Å². The van der Waals surface area contributed by atoms with Crippen molar-refractivity contribution in [3.05, 3.63) is 70.2 Å². The minimum atomic E-state index is 1.04. The molecule has 0 unspecified atom stereocenters. The van der Waals surface area contributed by atoms with Crippen molar-refractivity contribution < 1.29 is 0 Å². The van der Waals surface area contributed by atoms with Gasteiger partial charge in [-0.3, -0.25) is 4.90 Å². The van der Waals surface area contributed by atoms with Gasteiger partial charge in [0, 0.05) is 52.7 Å². The molecule has 27 heavy (non-hydrogen) atoms. The fraction of sp³-hybridized carbons (Fsp3) is 0.333. The number of benzene rings is 2. The van der Waals surface area contributed by atoms with E-state index < -0.39 is 0 Å². The number of hydrogen-bond acceptors (Lipinski definition) is 2. The molecule has 0 amide bonds. The van der Waals surface area contributed by atoms with E-state index in [9.17, 15) is 0 Å². The lowest BCUT2D eigenvalue weighted by molar-refractivity contribution is 0.246. The third-order valence-electron chi connectivity index (χ3n) is 5.88. The standard InChI is InChI=1S/C24H26N2S/c1-2-3-9-18-16-27-22-11-10-21-24(23(18)22)19-15-26(13-12-20(19)25-21)14-17-7-5-4-6-8-17/h4-8,10-11,16,25H,2-3,9,12-15H2,1H3. The molecule has 0 atom stereocenters. The summed E-state index contributed by atoms with van der Waals surface area (Å²) in [5, 5.41) is 5.40. The Kier molecular flexibility index (Phi) is 4.50. The van der Waals surface area contributed by atoms with E-state index >= 15 is 0 Å². The lowest BCUT2D eigenvalue weighted by atomic mass is 9.98. The summed E-state index contributed by atoms with van der Waals surface area (Å²) in [7, 11) is 0. The van der Waals surface area contributed by atoms with E-state index in [0.29, 0.717) is 0 Å². The Bertz CT molecular complexity index is 1070. The predicted octanol–water partition coefficient (Wildman–Crippen LogP) is 6.28. The third kappa shape index (κ3) is 3.09. The second kappa shape index (κ2) is 7.14. The topological polar surface area (TPSA) is 19.0 Å². The maximum Gasteiger partial charge on any atom is 0.0466 e. The van der Waals surface area contributed by atoms with Crippen molar-refractivity contribution in [3.63, 3.8) is 0 Å². The summed E-state index contributed by atoms with van der Waals surface area (Å²) >= 11 is 1.91. The van der Waals surface area contributed by atoms with Gasteiger partial charge in [0.15, 0.2) is 0 Å². The average Bonchev–Trinajstić information content (AvgIpc) is 3.27. The van der Waals surface area contributed by atoms with E-state index in [1.165, 1.54) is 57.1 Å². The van der Waals surface area contributed by atoms with Crippen molar-refractivity contribution in [1.29, 1.82) is 0 Å². The molecular weight excluding hydrogens is 348 g/mol. The lowest BCUT2D eigenvalue weighted by Gasteiger charge is -2.27. The van der Waals surface area contributed by atoms with Crippen LogP contribution in [0.1, 0.15) is 42.1 Å². The predicted molar refractivity (Wildman–Crippen MR) is 117 cm³/mol. The van der Waals surface area contributed by atoms with E-state index in [2.05, 4.69) is 64.7 Å². The maximum absolute atomic E-state index is 3.74. The zero-order chi connectivity index (χ0) is 18.2. The van der Waals surface area contributed by atoms with Crippen LogP contribution in [-0.2, 0) is 25.9 Å². The number of thiophene rings is 1. The highest BCUT2D eigenvalue weighted by molar-refractivity contribution is 7.17. The Morgan fingerprint density at radius 3 is 2.81 bits per heavy atom. The summed E-state index contributed by atoms with van der Waals surface area (Å²) in [6, 6.07) is 15.5. The molecule has 3 heteroatoms. The summed E-state index contributed by atoms with van der Waals surface area (Å²) in [5.41, 5.74) is 7.27. The number of nitrogens with one attached hydrogen (secondary N) is 1. The van der Waals surface area contributed by atoms with E-state index in [-0.39, 0.29) is 0 Å². The summed E-state index contributed by atoms with van der Waals surface area (Å²) in [5.74, 6) is 0. The quantitative estimate of drug-likeness (QED) is 0.435. The van der Waals surface area contributed by atoms with Gasteiger partial charge in [-0.15, -0.1) is 11.3 Å². The van der Waals surface area contributed by atoms with Crippen molar-refractivity contribution in [3.8, 4) is 0 Å². The molecule has 3 heterocycles. The number of unbranched alkanes of at least 4 members (excludes halogenated alkanes) is 1. The van der Waals surface area contributed by atoms with Crippen LogP contribution in [0.25, 0.3) is 21.0 Å². The van der Waals surface area contributed by atoms with Crippen LogP contribution in [0.15, 0.2) is 47.8 Å². The van der Waals surface area contributed by atoms with Crippen molar-refractivity contribution in [2.75, 3.05) is 6.54 Å². The first kappa shape index (κ1) is 17.0. The number of aromatic amines is 1. The van der Waals surface area contributed by atoms with E-state index in [4.69, 9.17) is 0 Å². The monoisotopic (exact) mass is 374 g/mol. The molecule has 4 aromatic rings. The molecular formula is C24H26N2S. The van der Waals surface area contributed by atoms with Crippen LogP contribution in [0, 0.1) is 0 Å². The number of H-pyrrole nitrogens is 1. The van der Waals surface area contributed by atoms with Gasteiger partial charge in [0.2, 0.25) is 0 Å². The Morgan fingerprint density at radius 2 is 1.96 bits per heavy atom. The van der Waals surface area contributed by atoms with Gasteiger partial charge in [-0.05, 0) is 47.0 Å². The highest BCUT2D eigenvalue weighted by Crippen LogP contribution is 2.38. The highest BCUT2D eigenvalue weighted by atomic mass is 32.1. The normalized spacial score (nSPS) is 14.9. The number of aromatic nitrogens is 1. The maximum atomic E-state index is 3.74. The summed E-state index contributed by atoms with van der Waals surface area (Å²) in [4.78, 5) is 6.34. The smallest absolute Gasteiger partial charge is 0.0466 e. The Morgan fingerprint density at radius 1 is 1.07 bits per heavy atom. The van der Waals surface area contributed by atoms with Crippen LogP contribution in [0.5, 0.6) is 0 Å². The minimum absolute atomic E-state index is 1.04.